The van der Waals surface area contributed by atoms with Crippen molar-refractivity contribution in [2.45, 2.75) is 19.4 Å². The maximum absolute atomic E-state index is 13.0. The lowest BCUT2D eigenvalue weighted by Gasteiger charge is -2.09. The van der Waals surface area contributed by atoms with Gasteiger partial charge in [0.1, 0.15) is 11.6 Å². The van der Waals surface area contributed by atoms with Gasteiger partial charge in [-0.1, -0.05) is 0 Å². The van der Waals surface area contributed by atoms with Crippen molar-refractivity contribution in [3.63, 3.8) is 0 Å². The van der Waals surface area contributed by atoms with Crippen LogP contribution in [-0.2, 0) is 11.3 Å². The highest BCUT2D eigenvalue weighted by Crippen LogP contribution is 2.30. The summed E-state index contributed by atoms with van der Waals surface area (Å²) in [6, 6.07) is 15.9. The van der Waals surface area contributed by atoms with E-state index in [1.807, 2.05) is 0 Å². The molecule has 0 aliphatic heterocycles. The number of halogens is 1. The van der Waals surface area contributed by atoms with Gasteiger partial charge in [0.05, 0.1) is 0 Å². The average molecular weight is 405 g/mol. The highest BCUT2D eigenvalue weighted by molar-refractivity contribution is 5.96. The van der Waals surface area contributed by atoms with Gasteiger partial charge >= 0.3 is 0 Å². The topological polar surface area (TPSA) is 80.3 Å². The van der Waals surface area contributed by atoms with Gasteiger partial charge in [0.2, 0.25) is 11.8 Å². The third-order valence-corrected chi connectivity index (χ3v) is 4.65. The zero-order valence-electron chi connectivity index (χ0n) is 16.1. The molecule has 1 aromatic heterocycles. The molecule has 4 rings (SSSR count). The smallest absolute Gasteiger partial charge is 0.251 e. The summed E-state index contributed by atoms with van der Waals surface area (Å²) in [6.07, 6.45) is 3.47. The second-order valence-electron chi connectivity index (χ2n) is 7.08. The minimum atomic E-state index is -0.343. The van der Waals surface area contributed by atoms with Gasteiger partial charge in [0.15, 0.2) is 0 Å². The Morgan fingerprint density at radius 1 is 1.03 bits per heavy atom. The first kappa shape index (κ1) is 19.6. The molecule has 3 aromatic rings. The summed E-state index contributed by atoms with van der Waals surface area (Å²) < 4.78 is 18.6. The van der Waals surface area contributed by atoms with Gasteiger partial charge < -0.3 is 15.4 Å². The lowest BCUT2D eigenvalue weighted by molar-refractivity contribution is -0.117. The van der Waals surface area contributed by atoms with Crippen LogP contribution in [0.5, 0.6) is 11.6 Å². The Balaban J connectivity index is 1.32. The largest absolute Gasteiger partial charge is 0.439 e. The molecule has 6 nitrogen and oxygen atoms in total. The van der Waals surface area contributed by atoms with E-state index in [1.54, 1.807) is 42.6 Å². The summed E-state index contributed by atoms with van der Waals surface area (Å²) in [4.78, 5) is 28.3. The number of hydrogen-bond donors (Lipinski definition) is 2. The van der Waals surface area contributed by atoms with Crippen LogP contribution < -0.4 is 15.4 Å². The highest BCUT2D eigenvalue weighted by Gasteiger charge is 2.29. The molecule has 2 amide bonds. The van der Waals surface area contributed by atoms with Crippen LogP contribution in [0.1, 0.15) is 28.8 Å². The average Bonchev–Trinajstić information content (AvgIpc) is 3.60. The summed E-state index contributed by atoms with van der Waals surface area (Å²) in [5, 5.41) is 5.69. The number of carbonyl (C=O) groups is 2. The van der Waals surface area contributed by atoms with Crippen LogP contribution in [0.15, 0.2) is 66.9 Å². The van der Waals surface area contributed by atoms with E-state index in [4.69, 9.17) is 4.74 Å². The Morgan fingerprint density at radius 3 is 2.47 bits per heavy atom. The molecule has 0 radical (unpaired) electrons. The third kappa shape index (κ3) is 5.20. The predicted molar refractivity (Wildman–Crippen MR) is 110 cm³/mol. The van der Waals surface area contributed by atoms with Crippen molar-refractivity contribution in [1.29, 1.82) is 0 Å². The third-order valence-electron chi connectivity index (χ3n) is 4.65. The molecule has 2 N–H and O–H groups in total. The summed E-state index contributed by atoms with van der Waals surface area (Å²) in [6.45, 7) is 0.293. The number of ether oxygens (including phenoxy) is 1. The van der Waals surface area contributed by atoms with E-state index in [1.165, 1.54) is 24.3 Å². The number of rotatable bonds is 7. The number of pyridine rings is 1. The molecule has 152 valence electrons. The van der Waals surface area contributed by atoms with E-state index in [9.17, 15) is 14.0 Å². The van der Waals surface area contributed by atoms with Gasteiger partial charge in [0.25, 0.3) is 5.91 Å². The van der Waals surface area contributed by atoms with Crippen molar-refractivity contribution in [3.8, 4) is 11.6 Å². The van der Waals surface area contributed by atoms with Gasteiger partial charge in [-0.25, -0.2) is 9.37 Å². The maximum atomic E-state index is 13.0. The first-order chi connectivity index (χ1) is 14.6. The van der Waals surface area contributed by atoms with Crippen LogP contribution in [0.3, 0.4) is 0 Å². The number of nitrogens with zero attached hydrogens (tertiary/aromatic N) is 1. The van der Waals surface area contributed by atoms with Crippen molar-refractivity contribution < 1.29 is 18.7 Å². The molecule has 0 spiro atoms. The Bertz CT molecular complexity index is 1050. The van der Waals surface area contributed by atoms with Crippen LogP contribution >= 0.6 is 0 Å². The van der Waals surface area contributed by atoms with Crippen LogP contribution in [0, 0.1) is 11.7 Å². The molecular formula is C23H20FN3O3. The minimum Gasteiger partial charge on any atom is -0.439 e. The number of anilines is 1. The lowest BCUT2D eigenvalue weighted by atomic mass is 10.2. The molecular weight excluding hydrogens is 385 g/mol. The van der Waals surface area contributed by atoms with Gasteiger partial charge in [-0.15, -0.1) is 0 Å². The molecule has 0 atom stereocenters. The fourth-order valence-electron chi connectivity index (χ4n) is 2.82. The van der Waals surface area contributed by atoms with Crippen LogP contribution in [0.4, 0.5) is 10.1 Å². The Hall–Kier alpha value is -3.74. The summed E-state index contributed by atoms with van der Waals surface area (Å²) in [5.74, 6) is 0.412. The lowest BCUT2D eigenvalue weighted by Crippen LogP contribution is -2.22. The molecule has 1 fully saturated rings. The highest BCUT2D eigenvalue weighted by atomic mass is 19.1. The summed E-state index contributed by atoms with van der Waals surface area (Å²) >= 11 is 0. The van der Waals surface area contributed by atoms with Crippen molar-refractivity contribution in [1.82, 2.24) is 10.3 Å². The molecule has 7 heteroatoms. The standard InChI is InChI=1S/C23H20FN3O3/c24-18-5-9-20(10-6-18)30-21-13-15(11-12-25-21)14-26-22(28)16-3-7-19(8-4-16)27-23(29)17-1-2-17/h3-13,17H,1-2,14H2,(H,26,28)(H,27,29). The molecule has 30 heavy (non-hydrogen) atoms. The number of amides is 2. The van der Waals surface area contributed by atoms with Gasteiger partial charge in [0, 0.05) is 36.0 Å². The van der Waals surface area contributed by atoms with Gasteiger partial charge in [-0.3, -0.25) is 9.59 Å². The number of nitrogens with one attached hydrogen (secondary N) is 2. The van der Waals surface area contributed by atoms with E-state index >= 15 is 0 Å². The maximum Gasteiger partial charge on any atom is 0.251 e. The minimum absolute atomic E-state index is 0.0311. The normalized spacial score (nSPS) is 12.8. The zero-order chi connectivity index (χ0) is 20.9. The first-order valence-electron chi connectivity index (χ1n) is 9.64. The molecule has 0 bridgehead atoms. The number of benzene rings is 2. The molecule has 0 unspecified atom stereocenters. The van der Waals surface area contributed by atoms with Crippen LogP contribution in [0.2, 0.25) is 0 Å². The molecule has 1 heterocycles. The van der Waals surface area contributed by atoms with Crippen molar-refractivity contribution >= 4 is 17.5 Å². The summed E-state index contributed by atoms with van der Waals surface area (Å²) in [5.41, 5.74) is 1.99. The second kappa shape index (κ2) is 8.73. The number of carbonyl (C=O) groups excluding carboxylic acids is 2. The fraction of sp³-hybridized carbons (Fsp3) is 0.174. The first-order valence-corrected chi connectivity index (χ1v) is 9.64. The molecule has 0 saturated heterocycles. The Labute approximate surface area is 173 Å². The zero-order valence-corrected chi connectivity index (χ0v) is 16.1. The van der Waals surface area contributed by atoms with E-state index in [-0.39, 0.29) is 23.5 Å². The SMILES string of the molecule is O=C(NCc1ccnc(Oc2ccc(F)cc2)c1)c1ccc(NC(=O)C2CC2)cc1. The Kier molecular flexibility index (Phi) is 5.70. The van der Waals surface area contributed by atoms with Gasteiger partial charge in [-0.2, -0.15) is 0 Å². The van der Waals surface area contributed by atoms with E-state index in [2.05, 4.69) is 15.6 Å². The number of hydrogen-bond acceptors (Lipinski definition) is 4. The predicted octanol–water partition coefficient (Wildman–Crippen LogP) is 4.29. The van der Waals surface area contributed by atoms with Crippen molar-refractivity contribution in [2.75, 3.05) is 5.32 Å². The summed E-state index contributed by atoms with van der Waals surface area (Å²) in [7, 11) is 0. The second-order valence-corrected chi connectivity index (χ2v) is 7.08. The molecule has 1 saturated carbocycles. The van der Waals surface area contributed by atoms with E-state index in [0.717, 1.165) is 18.4 Å². The quantitative estimate of drug-likeness (QED) is 0.615. The molecule has 2 aromatic carbocycles. The molecule has 1 aliphatic carbocycles. The Morgan fingerprint density at radius 2 is 1.77 bits per heavy atom. The molecule has 1 aliphatic rings. The van der Waals surface area contributed by atoms with Crippen molar-refractivity contribution in [2.24, 2.45) is 5.92 Å². The monoisotopic (exact) mass is 405 g/mol. The van der Waals surface area contributed by atoms with E-state index < -0.39 is 0 Å². The number of aromatic nitrogens is 1. The van der Waals surface area contributed by atoms with E-state index in [0.29, 0.717) is 29.4 Å². The van der Waals surface area contributed by atoms with Crippen LogP contribution in [0.25, 0.3) is 0 Å². The van der Waals surface area contributed by atoms with Crippen molar-refractivity contribution in [3.05, 3.63) is 83.8 Å². The van der Waals surface area contributed by atoms with Gasteiger partial charge in [-0.05, 0) is 73.0 Å². The fourth-order valence-corrected chi connectivity index (χ4v) is 2.82. The van der Waals surface area contributed by atoms with Crippen LogP contribution in [-0.4, -0.2) is 16.8 Å².